The first-order valence-corrected chi connectivity index (χ1v) is 7.49. The van der Waals surface area contributed by atoms with Crippen molar-refractivity contribution in [1.82, 2.24) is 0 Å². The molecule has 0 amide bonds. The van der Waals surface area contributed by atoms with E-state index in [2.05, 4.69) is 56.9 Å². The number of nitrogens with zero attached hydrogens (tertiary/aromatic N) is 1. The lowest BCUT2D eigenvalue weighted by Crippen LogP contribution is -2.47. The minimum Gasteiger partial charge on any atom is -0.371 e. The molecule has 1 aromatic carbocycles. The summed E-state index contributed by atoms with van der Waals surface area (Å²) in [6.07, 6.45) is 1.22. The minimum absolute atomic E-state index is 0.378. The lowest BCUT2D eigenvalue weighted by molar-refractivity contribution is 0.177. The van der Waals surface area contributed by atoms with Crippen LogP contribution in [0.5, 0.6) is 0 Å². The normalized spacial score (nSPS) is 22.8. The number of anilines is 1. The van der Waals surface area contributed by atoms with Gasteiger partial charge in [0, 0.05) is 18.8 Å². The third-order valence-electron chi connectivity index (χ3n) is 4.78. The van der Waals surface area contributed by atoms with Crippen molar-refractivity contribution in [3.05, 3.63) is 29.8 Å². The maximum atomic E-state index is 5.96. The Morgan fingerprint density at radius 1 is 1.26 bits per heavy atom. The molecular formula is C17H28N2. The molecule has 106 valence electrons. The Morgan fingerprint density at radius 3 is 2.42 bits per heavy atom. The molecule has 2 rings (SSSR count). The Morgan fingerprint density at radius 2 is 1.89 bits per heavy atom. The molecule has 1 fully saturated rings. The summed E-state index contributed by atoms with van der Waals surface area (Å²) in [4.78, 5) is 2.49. The van der Waals surface area contributed by atoms with Crippen molar-refractivity contribution in [2.75, 3.05) is 24.5 Å². The summed E-state index contributed by atoms with van der Waals surface area (Å²) >= 11 is 0. The van der Waals surface area contributed by atoms with Crippen LogP contribution in [0, 0.1) is 11.3 Å². The van der Waals surface area contributed by atoms with Gasteiger partial charge >= 0.3 is 0 Å². The fourth-order valence-corrected chi connectivity index (χ4v) is 2.93. The molecule has 0 bridgehead atoms. The molecule has 1 unspecified atom stereocenters. The summed E-state index contributed by atoms with van der Waals surface area (Å²) < 4.78 is 0. The maximum Gasteiger partial charge on any atom is 0.0366 e. The highest BCUT2D eigenvalue weighted by Gasteiger charge is 2.34. The van der Waals surface area contributed by atoms with Gasteiger partial charge in [0.15, 0.2) is 0 Å². The third-order valence-corrected chi connectivity index (χ3v) is 4.78. The molecule has 0 radical (unpaired) electrons. The van der Waals surface area contributed by atoms with Crippen molar-refractivity contribution >= 4 is 5.69 Å². The molecule has 1 atom stereocenters. The highest BCUT2D eigenvalue weighted by Crippen LogP contribution is 2.36. The monoisotopic (exact) mass is 260 g/mol. The van der Waals surface area contributed by atoms with E-state index in [0.717, 1.165) is 19.6 Å². The van der Waals surface area contributed by atoms with Gasteiger partial charge in [-0.15, -0.1) is 0 Å². The quantitative estimate of drug-likeness (QED) is 0.899. The van der Waals surface area contributed by atoms with E-state index >= 15 is 0 Å². The Balaban J connectivity index is 2.10. The third kappa shape index (κ3) is 3.11. The molecule has 1 aliphatic heterocycles. The second kappa shape index (κ2) is 5.54. The summed E-state index contributed by atoms with van der Waals surface area (Å²) in [5.41, 5.74) is 9.09. The predicted octanol–water partition coefficient (Wildman–Crippen LogP) is 3.62. The van der Waals surface area contributed by atoms with Crippen molar-refractivity contribution in [2.45, 2.75) is 40.0 Å². The van der Waals surface area contributed by atoms with Crippen LogP contribution in [0.4, 0.5) is 5.69 Å². The second-order valence-electron chi connectivity index (χ2n) is 6.86. The first-order chi connectivity index (χ1) is 8.94. The molecule has 2 nitrogen and oxygen atoms in total. The number of benzene rings is 1. The minimum atomic E-state index is 0.378. The van der Waals surface area contributed by atoms with Gasteiger partial charge in [0.2, 0.25) is 0 Å². The summed E-state index contributed by atoms with van der Waals surface area (Å²) in [5.74, 6) is 1.19. The van der Waals surface area contributed by atoms with Gasteiger partial charge in [0.25, 0.3) is 0 Å². The van der Waals surface area contributed by atoms with Gasteiger partial charge in [0.1, 0.15) is 0 Å². The maximum absolute atomic E-state index is 5.96. The average Bonchev–Trinajstić information content (AvgIpc) is 2.38. The highest BCUT2D eigenvalue weighted by molar-refractivity contribution is 5.48. The van der Waals surface area contributed by atoms with Crippen LogP contribution in [-0.4, -0.2) is 19.6 Å². The van der Waals surface area contributed by atoms with Crippen molar-refractivity contribution in [1.29, 1.82) is 0 Å². The number of rotatable bonds is 3. The number of piperidine rings is 1. The molecule has 0 aliphatic carbocycles. The topological polar surface area (TPSA) is 29.3 Å². The first-order valence-electron chi connectivity index (χ1n) is 7.49. The number of nitrogens with two attached hydrogens (primary N) is 1. The van der Waals surface area contributed by atoms with Crippen LogP contribution in [0.2, 0.25) is 0 Å². The van der Waals surface area contributed by atoms with E-state index in [1.807, 2.05) is 0 Å². The van der Waals surface area contributed by atoms with E-state index in [0.29, 0.717) is 17.3 Å². The molecule has 1 aromatic rings. The molecule has 1 heterocycles. The summed E-state index contributed by atoms with van der Waals surface area (Å²) in [6, 6.07) is 9.05. The summed E-state index contributed by atoms with van der Waals surface area (Å²) in [6.45, 7) is 12.2. The van der Waals surface area contributed by atoms with Crippen LogP contribution < -0.4 is 10.6 Å². The van der Waals surface area contributed by atoms with E-state index in [1.165, 1.54) is 17.7 Å². The van der Waals surface area contributed by atoms with E-state index < -0.39 is 0 Å². The van der Waals surface area contributed by atoms with E-state index in [4.69, 9.17) is 5.73 Å². The van der Waals surface area contributed by atoms with E-state index in [1.54, 1.807) is 0 Å². The van der Waals surface area contributed by atoms with Crippen molar-refractivity contribution in [3.63, 3.8) is 0 Å². The van der Waals surface area contributed by atoms with Gasteiger partial charge in [-0.25, -0.2) is 0 Å². The molecule has 0 aromatic heterocycles. The zero-order valence-electron chi connectivity index (χ0n) is 12.8. The molecule has 2 heteroatoms. The summed E-state index contributed by atoms with van der Waals surface area (Å²) in [5, 5.41) is 0. The Kier molecular flexibility index (Phi) is 4.19. The van der Waals surface area contributed by atoms with Crippen LogP contribution in [0.3, 0.4) is 0 Å². The van der Waals surface area contributed by atoms with Gasteiger partial charge in [-0.1, -0.05) is 39.8 Å². The van der Waals surface area contributed by atoms with Gasteiger partial charge in [-0.05, 0) is 47.9 Å². The Bertz CT molecular complexity index is 406. The van der Waals surface area contributed by atoms with Crippen LogP contribution in [-0.2, 0) is 0 Å². The smallest absolute Gasteiger partial charge is 0.0366 e. The number of hydrogen-bond donors (Lipinski definition) is 1. The largest absolute Gasteiger partial charge is 0.371 e. The molecule has 1 saturated heterocycles. The van der Waals surface area contributed by atoms with Crippen molar-refractivity contribution in [2.24, 2.45) is 17.1 Å². The van der Waals surface area contributed by atoms with Gasteiger partial charge in [-0.2, -0.15) is 0 Å². The van der Waals surface area contributed by atoms with Gasteiger partial charge in [0.05, 0.1) is 0 Å². The standard InChI is InChI=1S/C17H28N2/c1-13(2)14-5-7-16(8-6-14)19-10-9-17(3,4)15(11-18)12-19/h5-8,13,15H,9-12,18H2,1-4H3. The van der Waals surface area contributed by atoms with Crippen LogP contribution >= 0.6 is 0 Å². The van der Waals surface area contributed by atoms with E-state index in [-0.39, 0.29) is 0 Å². The van der Waals surface area contributed by atoms with Crippen LogP contribution in [0.25, 0.3) is 0 Å². The molecule has 0 spiro atoms. The highest BCUT2D eigenvalue weighted by atomic mass is 15.1. The molecule has 19 heavy (non-hydrogen) atoms. The Hall–Kier alpha value is -1.02. The molecular weight excluding hydrogens is 232 g/mol. The molecule has 1 aliphatic rings. The number of hydrogen-bond acceptors (Lipinski definition) is 2. The molecule has 2 N–H and O–H groups in total. The zero-order valence-corrected chi connectivity index (χ0v) is 12.8. The summed E-state index contributed by atoms with van der Waals surface area (Å²) in [7, 11) is 0. The Labute approximate surface area is 118 Å². The second-order valence-corrected chi connectivity index (χ2v) is 6.86. The average molecular weight is 260 g/mol. The van der Waals surface area contributed by atoms with Gasteiger partial charge < -0.3 is 10.6 Å². The van der Waals surface area contributed by atoms with E-state index in [9.17, 15) is 0 Å². The van der Waals surface area contributed by atoms with Crippen LogP contribution in [0.1, 0.15) is 45.6 Å². The van der Waals surface area contributed by atoms with Crippen molar-refractivity contribution in [3.8, 4) is 0 Å². The fourth-order valence-electron chi connectivity index (χ4n) is 2.93. The lowest BCUT2D eigenvalue weighted by atomic mass is 9.73. The van der Waals surface area contributed by atoms with Crippen molar-refractivity contribution < 1.29 is 0 Å². The zero-order chi connectivity index (χ0) is 14.0. The SMILES string of the molecule is CC(C)c1ccc(N2CCC(C)(C)C(CN)C2)cc1. The fraction of sp³-hybridized carbons (Fsp3) is 0.647. The van der Waals surface area contributed by atoms with Crippen LogP contribution in [0.15, 0.2) is 24.3 Å². The van der Waals surface area contributed by atoms with Gasteiger partial charge in [-0.3, -0.25) is 0 Å². The lowest BCUT2D eigenvalue weighted by Gasteiger charge is -2.44. The predicted molar refractivity (Wildman–Crippen MR) is 83.7 cm³/mol. The first kappa shape index (κ1) is 14.4. The molecule has 0 saturated carbocycles.